The lowest BCUT2D eigenvalue weighted by molar-refractivity contribution is 1.01. The molecule has 1 aliphatic rings. The van der Waals surface area contributed by atoms with Gasteiger partial charge < -0.3 is 0 Å². The molecule has 20 heavy (non-hydrogen) atoms. The molecule has 2 aromatic rings. The van der Waals surface area contributed by atoms with E-state index in [0.29, 0.717) is 0 Å². The van der Waals surface area contributed by atoms with Gasteiger partial charge in [-0.3, -0.25) is 0 Å². The zero-order valence-corrected chi connectivity index (χ0v) is 12.7. The van der Waals surface area contributed by atoms with Crippen LogP contribution in [0.5, 0.6) is 0 Å². The summed E-state index contributed by atoms with van der Waals surface area (Å²) in [5, 5.41) is 0.0462. The number of aryl methyl sites for hydroxylation is 1. The first-order chi connectivity index (χ1) is 9.74. The molecule has 1 heteroatoms. The van der Waals surface area contributed by atoms with Crippen molar-refractivity contribution in [2.45, 2.75) is 32.1 Å². The van der Waals surface area contributed by atoms with Crippen molar-refractivity contribution in [1.29, 1.82) is 0 Å². The Hall–Kier alpha value is -1.53. The molecule has 0 heterocycles. The maximum absolute atomic E-state index is 6.55. The van der Waals surface area contributed by atoms with Crippen molar-refractivity contribution >= 4 is 17.7 Å². The van der Waals surface area contributed by atoms with Gasteiger partial charge in [0.25, 0.3) is 0 Å². The minimum atomic E-state index is 0.0462. The van der Waals surface area contributed by atoms with Gasteiger partial charge in [0, 0.05) is 0 Å². The summed E-state index contributed by atoms with van der Waals surface area (Å²) in [5.41, 5.74) is 7.81. The van der Waals surface area contributed by atoms with Gasteiger partial charge >= 0.3 is 0 Å². The minimum Gasteiger partial charge on any atom is -0.113 e. The van der Waals surface area contributed by atoms with Gasteiger partial charge in [0.2, 0.25) is 0 Å². The van der Waals surface area contributed by atoms with E-state index in [1.807, 2.05) is 0 Å². The molecule has 0 aliphatic heterocycles. The van der Waals surface area contributed by atoms with Gasteiger partial charge in [0.15, 0.2) is 0 Å². The summed E-state index contributed by atoms with van der Waals surface area (Å²) in [6.07, 6.45) is 4.37. The number of fused-ring (bicyclic) bond motifs is 1. The second-order valence-electron chi connectivity index (χ2n) is 5.29. The van der Waals surface area contributed by atoms with Crippen molar-refractivity contribution in [2.24, 2.45) is 0 Å². The number of alkyl halides is 1. The van der Waals surface area contributed by atoms with E-state index in [0.717, 1.165) is 12.8 Å². The van der Waals surface area contributed by atoms with Gasteiger partial charge in [-0.25, -0.2) is 0 Å². The predicted octanol–water partition coefficient (Wildman–Crippen LogP) is 6.00. The fourth-order valence-electron chi connectivity index (χ4n) is 2.88. The summed E-state index contributed by atoms with van der Waals surface area (Å²) in [6, 6.07) is 15.3. The van der Waals surface area contributed by atoms with Crippen LogP contribution in [0, 0.1) is 0 Å². The van der Waals surface area contributed by atoms with Crippen molar-refractivity contribution in [1.82, 2.24) is 0 Å². The Morgan fingerprint density at radius 3 is 2.35 bits per heavy atom. The summed E-state index contributed by atoms with van der Waals surface area (Å²) in [6.45, 7) is 4.35. The largest absolute Gasteiger partial charge is 0.113 e. The zero-order chi connectivity index (χ0) is 14.1. The molecular weight excluding hydrogens is 264 g/mol. The third-order valence-corrected chi connectivity index (χ3v) is 4.67. The highest BCUT2D eigenvalue weighted by Gasteiger charge is 2.23. The molecule has 1 atom stereocenters. The molecule has 0 nitrogen and oxygen atoms in total. The summed E-state index contributed by atoms with van der Waals surface area (Å²) in [5.74, 6) is 0. The lowest BCUT2D eigenvalue weighted by Gasteiger charge is -2.10. The smallest absolute Gasteiger partial charge is 0.0804 e. The van der Waals surface area contributed by atoms with E-state index in [1.165, 1.54) is 33.4 Å². The maximum atomic E-state index is 6.55. The normalized spacial score (nSPS) is 16.9. The Morgan fingerprint density at radius 2 is 1.70 bits per heavy atom. The minimum absolute atomic E-state index is 0.0462. The van der Waals surface area contributed by atoms with Crippen LogP contribution >= 0.6 is 11.6 Å². The molecule has 1 aliphatic carbocycles. The highest BCUT2D eigenvalue weighted by molar-refractivity contribution is 6.24. The standard InChI is InChI=1S/C19H19Cl/c1-3-13-8-10-15(11-9-13)16-6-5-7-17-18(16)12-14(4-2)19(17)20/h5-12,19H,3-4H2,1-2H3. The maximum Gasteiger partial charge on any atom is 0.0804 e. The van der Waals surface area contributed by atoms with Crippen molar-refractivity contribution < 1.29 is 0 Å². The van der Waals surface area contributed by atoms with Crippen molar-refractivity contribution in [3.8, 4) is 11.1 Å². The van der Waals surface area contributed by atoms with Gasteiger partial charge in [-0.1, -0.05) is 62.4 Å². The third-order valence-electron chi connectivity index (χ3n) is 4.15. The van der Waals surface area contributed by atoms with Gasteiger partial charge in [0.05, 0.1) is 5.38 Å². The molecule has 0 bridgehead atoms. The van der Waals surface area contributed by atoms with Crippen LogP contribution in [0.3, 0.4) is 0 Å². The SMILES string of the molecule is CCC1=Cc2c(-c3ccc(CC)cc3)cccc2C1Cl. The zero-order valence-electron chi connectivity index (χ0n) is 12.0. The highest BCUT2D eigenvalue weighted by Crippen LogP contribution is 2.44. The predicted molar refractivity (Wildman–Crippen MR) is 88.1 cm³/mol. The van der Waals surface area contributed by atoms with E-state index in [1.54, 1.807) is 0 Å². The summed E-state index contributed by atoms with van der Waals surface area (Å²) < 4.78 is 0. The molecule has 0 radical (unpaired) electrons. The monoisotopic (exact) mass is 282 g/mol. The fourth-order valence-corrected chi connectivity index (χ4v) is 3.28. The molecule has 0 spiro atoms. The Balaban J connectivity index is 2.10. The molecule has 0 fully saturated rings. The van der Waals surface area contributed by atoms with Crippen LogP contribution < -0.4 is 0 Å². The van der Waals surface area contributed by atoms with Crippen molar-refractivity contribution in [3.63, 3.8) is 0 Å². The number of halogens is 1. The molecule has 102 valence electrons. The molecule has 3 rings (SSSR count). The number of allylic oxidation sites excluding steroid dienone is 1. The summed E-state index contributed by atoms with van der Waals surface area (Å²) in [7, 11) is 0. The van der Waals surface area contributed by atoms with E-state index in [-0.39, 0.29) is 5.38 Å². The third kappa shape index (κ3) is 2.19. The van der Waals surface area contributed by atoms with Gasteiger partial charge in [0.1, 0.15) is 0 Å². The quantitative estimate of drug-likeness (QED) is 0.605. The first-order valence-electron chi connectivity index (χ1n) is 7.31. The van der Waals surface area contributed by atoms with E-state index >= 15 is 0 Å². The van der Waals surface area contributed by atoms with Crippen molar-refractivity contribution in [2.75, 3.05) is 0 Å². The average Bonchev–Trinajstić information content (AvgIpc) is 2.84. The number of hydrogen-bond acceptors (Lipinski definition) is 0. The van der Waals surface area contributed by atoms with Gasteiger partial charge in [-0.15, -0.1) is 11.6 Å². The van der Waals surface area contributed by atoms with E-state index < -0.39 is 0 Å². The van der Waals surface area contributed by atoms with Crippen LogP contribution in [0.2, 0.25) is 0 Å². The number of hydrogen-bond donors (Lipinski definition) is 0. The Labute approximate surface area is 126 Å². The van der Waals surface area contributed by atoms with Crippen LogP contribution in [0.15, 0.2) is 48.0 Å². The lowest BCUT2D eigenvalue weighted by Crippen LogP contribution is -1.91. The molecule has 2 aromatic carbocycles. The average molecular weight is 283 g/mol. The van der Waals surface area contributed by atoms with Crippen LogP contribution in [-0.4, -0.2) is 0 Å². The number of rotatable bonds is 3. The van der Waals surface area contributed by atoms with Crippen LogP contribution in [-0.2, 0) is 6.42 Å². The molecule has 0 amide bonds. The molecule has 0 aromatic heterocycles. The molecular formula is C19H19Cl. The molecule has 0 saturated carbocycles. The Morgan fingerprint density at radius 1 is 0.950 bits per heavy atom. The van der Waals surface area contributed by atoms with Crippen LogP contribution in [0.25, 0.3) is 17.2 Å². The van der Waals surface area contributed by atoms with E-state index in [4.69, 9.17) is 11.6 Å². The summed E-state index contributed by atoms with van der Waals surface area (Å²) >= 11 is 6.55. The molecule has 0 saturated heterocycles. The first kappa shape index (κ1) is 13.5. The van der Waals surface area contributed by atoms with E-state index in [2.05, 4.69) is 62.4 Å². The highest BCUT2D eigenvalue weighted by atomic mass is 35.5. The van der Waals surface area contributed by atoms with Gasteiger partial charge in [-0.05, 0) is 46.2 Å². The van der Waals surface area contributed by atoms with Crippen molar-refractivity contribution in [3.05, 3.63) is 64.7 Å². The molecule has 0 N–H and O–H groups in total. The lowest BCUT2D eigenvalue weighted by atomic mass is 9.96. The van der Waals surface area contributed by atoms with E-state index in [9.17, 15) is 0 Å². The summed E-state index contributed by atoms with van der Waals surface area (Å²) in [4.78, 5) is 0. The van der Waals surface area contributed by atoms with Crippen LogP contribution in [0.1, 0.15) is 42.3 Å². The topological polar surface area (TPSA) is 0 Å². The van der Waals surface area contributed by atoms with Crippen LogP contribution in [0.4, 0.5) is 0 Å². The second kappa shape index (κ2) is 5.46. The molecule has 1 unspecified atom stereocenters. The van der Waals surface area contributed by atoms with Gasteiger partial charge in [-0.2, -0.15) is 0 Å². The number of benzene rings is 2. The Kier molecular flexibility index (Phi) is 3.67. The second-order valence-corrected chi connectivity index (χ2v) is 5.73. The fraction of sp³-hybridized carbons (Fsp3) is 0.263. The first-order valence-corrected chi connectivity index (χ1v) is 7.75. The Bertz CT molecular complexity index is 650.